The molecule has 8 nitrogen and oxygen atoms in total. The van der Waals surface area contributed by atoms with E-state index in [4.69, 9.17) is 5.21 Å². The number of rotatable bonds is 10. The van der Waals surface area contributed by atoms with Crippen molar-refractivity contribution in [2.24, 2.45) is 5.92 Å². The third-order valence-electron chi connectivity index (χ3n) is 4.09. The molecule has 2 amide bonds. The van der Waals surface area contributed by atoms with Crippen LogP contribution in [-0.2, 0) is 16.0 Å². The Labute approximate surface area is 170 Å². The van der Waals surface area contributed by atoms with E-state index in [2.05, 4.69) is 34.4 Å². The number of aromatic nitrogens is 2. The van der Waals surface area contributed by atoms with Crippen LogP contribution < -0.4 is 16.1 Å². The molecule has 4 N–H and O–H groups in total. The Morgan fingerprint density at radius 3 is 2.52 bits per heavy atom. The van der Waals surface area contributed by atoms with Gasteiger partial charge in [0.1, 0.15) is 11.9 Å². The summed E-state index contributed by atoms with van der Waals surface area (Å²) in [5.74, 6) is 0.0512. The average molecular weight is 397 g/mol. The number of hydrogen-bond donors (Lipinski definition) is 4. The highest BCUT2D eigenvalue weighted by molar-refractivity contribution is 5.90. The standard InChI is InChI=1S/C21H27N5O3/c1-15(2)12-18(21(28)22-11-10-16-6-4-3-5-7-16)25-19-14-23-17(13-24-19)8-9-20(27)26-29/h3-9,13-15,18,29H,10-12H2,1-2H3,(H,22,28)(H,24,25)(H,26,27)/t18-/m1/s1. The number of anilines is 1. The van der Waals surface area contributed by atoms with Crippen LogP contribution in [0.4, 0.5) is 5.82 Å². The summed E-state index contributed by atoms with van der Waals surface area (Å²) in [5, 5.41) is 14.6. The minimum absolute atomic E-state index is 0.0833. The minimum atomic E-state index is -0.654. The molecule has 0 unspecified atom stereocenters. The fourth-order valence-electron chi connectivity index (χ4n) is 2.68. The molecule has 2 aromatic rings. The van der Waals surface area contributed by atoms with Gasteiger partial charge in [0.05, 0.1) is 18.1 Å². The van der Waals surface area contributed by atoms with Gasteiger partial charge >= 0.3 is 0 Å². The molecular formula is C21H27N5O3. The molecule has 0 aliphatic heterocycles. The Morgan fingerprint density at radius 1 is 1.14 bits per heavy atom. The van der Waals surface area contributed by atoms with Crippen LogP contribution in [0.2, 0.25) is 0 Å². The molecule has 8 heteroatoms. The van der Waals surface area contributed by atoms with Gasteiger partial charge in [0, 0.05) is 12.6 Å². The number of hydroxylamine groups is 1. The van der Waals surface area contributed by atoms with Gasteiger partial charge in [-0.15, -0.1) is 0 Å². The minimum Gasteiger partial charge on any atom is -0.357 e. The third-order valence-corrected chi connectivity index (χ3v) is 4.09. The van der Waals surface area contributed by atoms with Crippen molar-refractivity contribution in [1.29, 1.82) is 0 Å². The van der Waals surface area contributed by atoms with Crippen LogP contribution in [0.3, 0.4) is 0 Å². The molecule has 1 heterocycles. The van der Waals surface area contributed by atoms with Crippen molar-refractivity contribution in [2.75, 3.05) is 11.9 Å². The smallest absolute Gasteiger partial charge is 0.267 e. The van der Waals surface area contributed by atoms with Crippen molar-refractivity contribution in [3.8, 4) is 0 Å². The van der Waals surface area contributed by atoms with Gasteiger partial charge in [0.25, 0.3) is 5.91 Å². The quantitative estimate of drug-likeness (QED) is 0.277. The van der Waals surface area contributed by atoms with E-state index in [9.17, 15) is 9.59 Å². The number of carbonyl (C=O) groups excluding carboxylic acids is 2. The van der Waals surface area contributed by atoms with Crippen LogP contribution in [0.15, 0.2) is 48.8 Å². The summed E-state index contributed by atoms with van der Waals surface area (Å²) >= 11 is 0. The first-order valence-electron chi connectivity index (χ1n) is 9.50. The Bertz CT molecular complexity index is 807. The maximum absolute atomic E-state index is 12.6. The zero-order chi connectivity index (χ0) is 21.1. The van der Waals surface area contributed by atoms with E-state index in [1.54, 1.807) is 0 Å². The second-order valence-corrected chi connectivity index (χ2v) is 6.99. The van der Waals surface area contributed by atoms with Crippen molar-refractivity contribution < 1.29 is 14.8 Å². The molecule has 0 spiro atoms. The van der Waals surface area contributed by atoms with Crippen molar-refractivity contribution in [3.63, 3.8) is 0 Å². The summed E-state index contributed by atoms with van der Waals surface area (Å²) < 4.78 is 0. The number of nitrogens with zero attached hydrogens (tertiary/aromatic N) is 2. The van der Waals surface area contributed by atoms with E-state index in [-0.39, 0.29) is 5.91 Å². The summed E-state index contributed by atoms with van der Waals surface area (Å²) in [6, 6.07) is 9.56. The third kappa shape index (κ3) is 8.10. The van der Waals surface area contributed by atoms with Gasteiger partial charge in [-0.2, -0.15) is 0 Å². The van der Waals surface area contributed by atoms with Gasteiger partial charge in [0.2, 0.25) is 5.91 Å². The van der Waals surface area contributed by atoms with Crippen LogP contribution in [0.25, 0.3) is 6.08 Å². The van der Waals surface area contributed by atoms with E-state index in [1.807, 2.05) is 30.3 Å². The van der Waals surface area contributed by atoms with Crippen molar-refractivity contribution in [1.82, 2.24) is 20.8 Å². The molecule has 1 aromatic heterocycles. The summed E-state index contributed by atoms with van der Waals surface area (Å²) in [7, 11) is 0. The summed E-state index contributed by atoms with van der Waals surface area (Å²) in [6.45, 7) is 4.66. The number of amides is 2. The van der Waals surface area contributed by atoms with Crippen LogP contribution in [0.1, 0.15) is 31.5 Å². The normalized spacial score (nSPS) is 12.0. The molecule has 154 valence electrons. The van der Waals surface area contributed by atoms with Gasteiger partial charge in [-0.3, -0.25) is 19.8 Å². The number of nitrogens with one attached hydrogen (secondary N) is 3. The van der Waals surface area contributed by atoms with Gasteiger partial charge in [0.15, 0.2) is 0 Å². The number of carbonyl (C=O) groups is 2. The molecule has 0 saturated carbocycles. The fraction of sp³-hybridized carbons (Fsp3) is 0.333. The van der Waals surface area contributed by atoms with Gasteiger partial charge in [-0.1, -0.05) is 44.2 Å². The van der Waals surface area contributed by atoms with Gasteiger partial charge in [-0.05, 0) is 30.4 Å². The molecule has 1 aromatic carbocycles. The molecule has 0 aliphatic carbocycles. The first-order chi connectivity index (χ1) is 14.0. The Hall–Kier alpha value is -3.26. The lowest BCUT2D eigenvalue weighted by atomic mass is 10.0. The van der Waals surface area contributed by atoms with Crippen molar-refractivity contribution in [3.05, 3.63) is 60.1 Å². The molecule has 0 aliphatic rings. The zero-order valence-electron chi connectivity index (χ0n) is 16.6. The topological polar surface area (TPSA) is 116 Å². The molecule has 0 radical (unpaired) electrons. The molecule has 0 fully saturated rings. The van der Waals surface area contributed by atoms with Gasteiger partial charge < -0.3 is 10.6 Å². The SMILES string of the molecule is CC(C)C[C@@H](Nc1cnc(C=CC(=O)NO)cn1)C(=O)NCCc1ccccc1. The molecule has 0 saturated heterocycles. The van der Waals surface area contributed by atoms with E-state index in [1.165, 1.54) is 29.5 Å². The summed E-state index contributed by atoms with van der Waals surface area (Å²) in [6.07, 6.45) is 6.95. The first-order valence-corrected chi connectivity index (χ1v) is 9.50. The largest absolute Gasteiger partial charge is 0.357 e. The Morgan fingerprint density at radius 2 is 1.90 bits per heavy atom. The number of benzene rings is 1. The van der Waals surface area contributed by atoms with Crippen LogP contribution in [0.5, 0.6) is 0 Å². The van der Waals surface area contributed by atoms with E-state index >= 15 is 0 Å². The van der Waals surface area contributed by atoms with E-state index < -0.39 is 11.9 Å². The maximum Gasteiger partial charge on any atom is 0.267 e. The monoisotopic (exact) mass is 397 g/mol. The zero-order valence-corrected chi connectivity index (χ0v) is 16.6. The van der Waals surface area contributed by atoms with Crippen LogP contribution in [-0.4, -0.2) is 39.6 Å². The van der Waals surface area contributed by atoms with Crippen LogP contribution in [0, 0.1) is 5.92 Å². The maximum atomic E-state index is 12.6. The fourth-order valence-corrected chi connectivity index (χ4v) is 2.68. The van der Waals surface area contributed by atoms with Gasteiger partial charge in [-0.25, -0.2) is 10.5 Å². The van der Waals surface area contributed by atoms with E-state index in [0.717, 1.165) is 12.5 Å². The molecule has 0 bridgehead atoms. The highest BCUT2D eigenvalue weighted by Gasteiger charge is 2.20. The Kier molecular flexibility index (Phi) is 8.78. The highest BCUT2D eigenvalue weighted by atomic mass is 16.5. The first kappa shape index (κ1) is 22.0. The number of hydrogen-bond acceptors (Lipinski definition) is 6. The van der Waals surface area contributed by atoms with Crippen LogP contribution >= 0.6 is 0 Å². The highest BCUT2D eigenvalue weighted by Crippen LogP contribution is 2.11. The van der Waals surface area contributed by atoms with E-state index in [0.29, 0.717) is 30.4 Å². The second kappa shape index (κ2) is 11.6. The molecule has 1 atom stereocenters. The second-order valence-electron chi connectivity index (χ2n) is 6.99. The van der Waals surface area contributed by atoms with Crippen molar-refractivity contribution in [2.45, 2.75) is 32.7 Å². The molecular weight excluding hydrogens is 370 g/mol. The molecule has 29 heavy (non-hydrogen) atoms. The molecule has 2 rings (SSSR count). The summed E-state index contributed by atoms with van der Waals surface area (Å²) in [4.78, 5) is 32.1. The lowest BCUT2D eigenvalue weighted by Crippen LogP contribution is -2.41. The average Bonchev–Trinajstić information content (AvgIpc) is 2.72. The predicted octanol–water partition coefficient (Wildman–Crippen LogP) is 2.18. The summed E-state index contributed by atoms with van der Waals surface area (Å²) in [5.41, 5.74) is 3.12. The lowest BCUT2D eigenvalue weighted by molar-refractivity contribution is -0.124. The lowest BCUT2D eigenvalue weighted by Gasteiger charge is -2.20. The Balaban J connectivity index is 1.93. The van der Waals surface area contributed by atoms with Crippen molar-refractivity contribution >= 4 is 23.7 Å². The predicted molar refractivity (Wildman–Crippen MR) is 111 cm³/mol.